The zero-order chi connectivity index (χ0) is 20.1. The van der Waals surface area contributed by atoms with Crippen LogP contribution < -0.4 is 19.5 Å². The van der Waals surface area contributed by atoms with Gasteiger partial charge >= 0.3 is 0 Å². The monoisotopic (exact) mass is 381 g/mol. The smallest absolute Gasteiger partial charge is 0.276 e. The summed E-state index contributed by atoms with van der Waals surface area (Å²) in [5, 5.41) is 7.35. The van der Waals surface area contributed by atoms with Crippen LogP contribution in [0.25, 0.3) is 5.69 Å². The van der Waals surface area contributed by atoms with Gasteiger partial charge in [-0.2, -0.15) is 5.10 Å². The summed E-state index contributed by atoms with van der Waals surface area (Å²) in [6.45, 7) is 1.87. The van der Waals surface area contributed by atoms with Crippen LogP contribution in [0.1, 0.15) is 29.0 Å². The Morgan fingerprint density at radius 2 is 1.71 bits per heavy atom. The minimum absolute atomic E-state index is 0.208. The van der Waals surface area contributed by atoms with E-state index in [4.69, 9.17) is 14.2 Å². The lowest BCUT2D eigenvalue weighted by Gasteiger charge is -2.18. The van der Waals surface area contributed by atoms with E-state index in [1.807, 2.05) is 49.4 Å². The van der Waals surface area contributed by atoms with E-state index in [0.29, 0.717) is 17.2 Å². The van der Waals surface area contributed by atoms with E-state index in [-0.39, 0.29) is 17.6 Å². The number of hydrogen-bond donors (Lipinski definition) is 1. The van der Waals surface area contributed by atoms with Gasteiger partial charge < -0.3 is 19.5 Å². The lowest BCUT2D eigenvalue weighted by atomic mass is 10.1. The van der Waals surface area contributed by atoms with Crippen LogP contribution in [0.4, 0.5) is 0 Å². The zero-order valence-electron chi connectivity index (χ0n) is 16.3. The van der Waals surface area contributed by atoms with Crippen LogP contribution in [0.2, 0.25) is 0 Å². The van der Waals surface area contributed by atoms with Crippen molar-refractivity contribution in [1.82, 2.24) is 15.1 Å². The maximum Gasteiger partial charge on any atom is 0.276 e. The van der Waals surface area contributed by atoms with Crippen molar-refractivity contribution >= 4 is 5.91 Å². The maximum atomic E-state index is 12.9. The number of amides is 1. The minimum Gasteiger partial charge on any atom is -0.497 e. The molecule has 0 spiro atoms. The molecule has 1 amide bonds. The third-order valence-corrected chi connectivity index (χ3v) is 4.39. The molecule has 0 aliphatic carbocycles. The highest BCUT2D eigenvalue weighted by Crippen LogP contribution is 2.30. The molecule has 0 unspecified atom stereocenters. The van der Waals surface area contributed by atoms with Crippen LogP contribution in [-0.4, -0.2) is 37.0 Å². The Morgan fingerprint density at radius 3 is 2.36 bits per heavy atom. The molecule has 7 heteroatoms. The summed E-state index contributed by atoms with van der Waals surface area (Å²) in [4.78, 5) is 12.9. The van der Waals surface area contributed by atoms with Gasteiger partial charge in [-0.1, -0.05) is 18.2 Å². The molecule has 0 aliphatic rings. The SMILES string of the molecule is COc1ccc(OC)c([C@@H](C)NC(=O)c2nn(-c3ccccc3)cc2OC)c1. The van der Waals surface area contributed by atoms with Gasteiger partial charge in [0.1, 0.15) is 11.5 Å². The highest BCUT2D eigenvalue weighted by atomic mass is 16.5. The number of ether oxygens (including phenoxy) is 3. The largest absolute Gasteiger partial charge is 0.497 e. The fourth-order valence-corrected chi connectivity index (χ4v) is 2.90. The summed E-state index contributed by atoms with van der Waals surface area (Å²) in [5.41, 5.74) is 1.85. The highest BCUT2D eigenvalue weighted by molar-refractivity contribution is 5.95. The van der Waals surface area contributed by atoms with Crippen molar-refractivity contribution in [3.05, 3.63) is 66.0 Å². The molecule has 3 aromatic rings. The molecule has 7 nitrogen and oxygen atoms in total. The average molecular weight is 381 g/mol. The molecule has 28 heavy (non-hydrogen) atoms. The number of para-hydroxylation sites is 1. The Morgan fingerprint density at radius 1 is 1.00 bits per heavy atom. The van der Waals surface area contributed by atoms with Gasteiger partial charge in [0.05, 0.1) is 39.3 Å². The number of carbonyl (C=O) groups is 1. The van der Waals surface area contributed by atoms with Crippen molar-refractivity contribution in [1.29, 1.82) is 0 Å². The number of carbonyl (C=O) groups excluding carboxylic acids is 1. The van der Waals surface area contributed by atoms with Crippen LogP contribution in [0.5, 0.6) is 17.2 Å². The molecule has 1 atom stereocenters. The molecular weight excluding hydrogens is 358 g/mol. The number of hydrogen-bond acceptors (Lipinski definition) is 5. The van der Waals surface area contributed by atoms with Crippen molar-refractivity contribution in [2.75, 3.05) is 21.3 Å². The number of rotatable bonds is 7. The van der Waals surface area contributed by atoms with Crippen LogP contribution in [0, 0.1) is 0 Å². The van der Waals surface area contributed by atoms with Gasteiger partial charge in [0.25, 0.3) is 5.91 Å². The first kappa shape index (κ1) is 19.3. The van der Waals surface area contributed by atoms with E-state index in [9.17, 15) is 4.79 Å². The van der Waals surface area contributed by atoms with Crippen molar-refractivity contribution in [2.45, 2.75) is 13.0 Å². The van der Waals surface area contributed by atoms with Gasteiger partial charge in [-0.25, -0.2) is 4.68 Å². The van der Waals surface area contributed by atoms with Gasteiger partial charge in [0, 0.05) is 5.56 Å². The molecule has 0 radical (unpaired) electrons. The topological polar surface area (TPSA) is 74.6 Å². The first-order valence-electron chi connectivity index (χ1n) is 8.79. The highest BCUT2D eigenvalue weighted by Gasteiger charge is 2.22. The lowest BCUT2D eigenvalue weighted by molar-refractivity contribution is 0.0931. The second kappa shape index (κ2) is 8.47. The van der Waals surface area contributed by atoms with E-state index in [0.717, 1.165) is 11.3 Å². The molecular formula is C21H23N3O4. The van der Waals surface area contributed by atoms with Crippen molar-refractivity contribution in [3.63, 3.8) is 0 Å². The molecule has 0 saturated carbocycles. The Kier molecular flexibility index (Phi) is 5.84. The summed E-state index contributed by atoms with van der Waals surface area (Å²) in [6, 6.07) is 14.6. The van der Waals surface area contributed by atoms with Gasteiger partial charge in [-0.3, -0.25) is 4.79 Å². The van der Waals surface area contributed by atoms with Gasteiger partial charge in [0.15, 0.2) is 11.4 Å². The van der Waals surface area contributed by atoms with E-state index < -0.39 is 0 Å². The Labute approximate surface area is 163 Å². The Balaban J connectivity index is 1.86. The van der Waals surface area contributed by atoms with E-state index in [2.05, 4.69) is 10.4 Å². The predicted molar refractivity (Wildman–Crippen MR) is 106 cm³/mol. The molecule has 146 valence electrons. The molecule has 1 aromatic heterocycles. The predicted octanol–water partition coefficient (Wildman–Crippen LogP) is 3.39. The van der Waals surface area contributed by atoms with Crippen molar-refractivity contribution in [3.8, 4) is 22.9 Å². The summed E-state index contributed by atoms with van der Waals surface area (Å²) in [7, 11) is 4.69. The molecule has 0 bridgehead atoms. The second-order valence-electron chi connectivity index (χ2n) is 6.13. The number of benzene rings is 2. The standard InChI is InChI=1S/C21H23N3O4/c1-14(17-12-16(26-2)10-11-18(17)27-3)22-21(25)20-19(28-4)13-24(23-20)15-8-6-5-7-9-15/h5-14H,1-4H3,(H,22,25)/t14-/m1/s1. The Hall–Kier alpha value is -3.48. The van der Waals surface area contributed by atoms with Crippen LogP contribution in [0.3, 0.4) is 0 Å². The quantitative estimate of drug-likeness (QED) is 0.679. The van der Waals surface area contributed by atoms with Crippen LogP contribution in [-0.2, 0) is 0 Å². The summed E-state index contributed by atoms with van der Waals surface area (Å²) in [6.07, 6.45) is 1.68. The lowest BCUT2D eigenvalue weighted by Crippen LogP contribution is -2.27. The fraction of sp³-hybridized carbons (Fsp3) is 0.238. The summed E-state index contributed by atoms with van der Waals surface area (Å²) in [5.74, 6) is 1.40. The average Bonchev–Trinajstić information content (AvgIpc) is 3.18. The van der Waals surface area contributed by atoms with Crippen molar-refractivity contribution < 1.29 is 19.0 Å². The second-order valence-corrected chi connectivity index (χ2v) is 6.13. The van der Waals surface area contributed by atoms with Crippen LogP contribution in [0.15, 0.2) is 54.7 Å². The van der Waals surface area contributed by atoms with Crippen LogP contribution >= 0.6 is 0 Å². The molecule has 0 aliphatic heterocycles. The van der Waals surface area contributed by atoms with E-state index in [1.165, 1.54) is 7.11 Å². The molecule has 3 rings (SSSR count). The van der Waals surface area contributed by atoms with Gasteiger partial charge in [0.2, 0.25) is 0 Å². The number of nitrogens with one attached hydrogen (secondary N) is 1. The normalized spacial score (nSPS) is 11.6. The minimum atomic E-state index is -0.344. The molecule has 0 fully saturated rings. The Bertz CT molecular complexity index is 954. The first-order chi connectivity index (χ1) is 13.6. The maximum absolute atomic E-state index is 12.9. The molecule has 1 heterocycles. The summed E-state index contributed by atoms with van der Waals surface area (Å²) >= 11 is 0. The van der Waals surface area contributed by atoms with Gasteiger partial charge in [-0.05, 0) is 37.3 Å². The van der Waals surface area contributed by atoms with E-state index >= 15 is 0 Å². The number of aromatic nitrogens is 2. The van der Waals surface area contributed by atoms with Gasteiger partial charge in [-0.15, -0.1) is 0 Å². The molecule has 1 N–H and O–H groups in total. The molecule has 2 aromatic carbocycles. The zero-order valence-corrected chi connectivity index (χ0v) is 16.3. The molecule has 0 saturated heterocycles. The van der Waals surface area contributed by atoms with Crippen molar-refractivity contribution in [2.24, 2.45) is 0 Å². The third-order valence-electron chi connectivity index (χ3n) is 4.39. The first-order valence-corrected chi connectivity index (χ1v) is 8.79. The number of nitrogens with zero attached hydrogens (tertiary/aromatic N) is 2. The van der Waals surface area contributed by atoms with E-state index in [1.54, 1.807) is 31.2 Å². The summed E-state index contributed by atoms with van der Waals surface area (Å²) < 4.78 is 17.7. The number of methoxy groups -OCH3 is 3. The third kappa shape index (κ3) is 3.93. The fourth-order valence-electron chi connectivity index (χ4n) is 2.90.